The highest BCUT2D eigenvalue weighted by Gasteiger charge is 2.40. The number of hydrogen-bond acceptors (Lipinski definition) is 2. The van der Waals surface area contributed by atoms with Crippen molar-refractivity contribution in [2.75, 3.05) is 13.2 Å². The Balaban J connectivity index is 3.44. The van der Waals surface area contributed by atoms with E-state index in [4.69, 9.17) is 5.73 Å². The van der Waals surface area contributed by atoms with Crippen molar-refractivity contribution in [3.8, 4) is 0 Å². The minimum Gasteiger partial charge on any atom is -0.373 e. The summed E-state index contributed by atoms with van der Waals surface area (Å²) in [6, 6.07) is -0.362. The van der Waals surface area contributed by atoms with Crippen molar-refractivity contribution < 1.29 is 22.3 Å². The average Bonchev–Trinajstić information content (AvgIpc) is 2.37. The summed E-state index contributed by atoms with van der Waals surface area (Å²) < 4.78 is 53.4. The quantitative estimate of drug-likeness (QED) is 0.405. The fraction of sp³-hybridized carbons (Fsp3) is 1.00. The van der Waals surface area contributed by atoms with Crippen LogP contribution in [-0.4, -0.2) is 31.6 Å². The minimum absolute atomic E-state index is 0.0991. The molecule has 6 heteroatoms. The molecule has 1 atom stereocenters. The van der Waals surface area contributed by atoms with Gasteiger partial charge in [-0.2, -0.15) is 8.78 Å². The van der Waals surface area contributed by atoms with Crippen molar-refractivity contribution in [1.82, 2.24) is 0 Å². The summed E-state index contributed by atoms with van der Waals surface area (Å²) >= 11 is 0. The lowest BCUT2D eigenvalue weighted by Gasteiger charge is -2.17. The van der Waals surface area contributed by atoms with Crippen molar-refractivity contribution in [3.05, 3.63) is 0 Å². The highest BCUT2D eigenvalue weighted by atomic mass is 19.3. The van der Waals surface area contributed by atoms with Crippen LogP contribution in [0.1, 0.15) is 58.3 Å². The lowest BCUT2D eigenvalue weighted by Crippen LogP contribution is -2.35. The molecule has 0 aromatic carbocycles. The summed E-state index contributed by atoms with van der Waals surface area (Å²) in [5.74, 6) is -4.08. The third-order valence-electron chi connectivity index (χ3n) is 3.12. The maximum Gasteiger partial charge on any atom is 0.330 e. The van der Waals surface area contributed by atoms with Crippen molar-refractivity contribution >= 4 is 0 Å². The summed E-state index contributed by atoms with van der Waals surface area (Å²) in [5, 5.41) is 0. The van der Waals surface area contributed by atoms with Crippen LogP contribution in [0.2, 0.25) is 0 Å². The van der Waals surface area contributed by atoms with Crippen molar-refractivity contribution in [2.45, 2.75) is 76.7 Å². The molecule has 0 aliphatic heterocycles. The normalized spacial score (nSPS) is 13.9. The molecule has 0 saturated heterocycles. The monoisotopic (exact) mass is 301 g/mol. The van der Waals surface area contributed by atoms with E-state index in [1.54, 1.807) is 0 Å². The van der Waals surface area contributed by atoms with Crippen LogP contribution in [0.25, 0.3) is 0 Å². The van der Waals surface area contributed by atoms with E-state index >= 15 is 0 Å². The Bertz CT molecular complexity index is 227. The van der Waals surface area contributed by atoms with Crippen molar-refractivity contribution in [1.29, 1.82) is 0 Å². The fourth-order valence-corrected chi connectivity index (χ4v) is 1.86. The zero-order valence-corrected chi connectivity index (χ0v) is 12.2. The molecule has 0 aromatic heterocycles. The Kier molecular flexibility index (Phi) is 11.1. The topological polar surface area (TPSA) is 35.2 Å². The van der Waals surface area contributed by atoms with Gasteiger partial charge in [0.25, 0.3) is 0 Å². The summed E-state index contributed by atoms with van der Waals surface area (Å²) in [6.07, 6.45) is 5.03. The van der Waals surface area contributed by atoms with Gasteiger partial charge in [0.15, 0.2) is 0 Å². The number of halogens is 4. The van der Waals surface area contributed by atoms with Crippen LogP contribution >= 0.6 is 0 Å². The predicted octanol–water partition coefficient (Wildman–Crippen LogP) is 4.37. The highest BCUT2D eigenvalue weighted by molar-refractivity contribution is 4.69. The molecule has 0 aliphatic carbocycles. The average molecular weight is 301 g/mol. The molecule has 0 spiro atoms. The van der Waals surface area contributed by atoms with E-state index in [2.05, 4.69) is 11.7 Å². The molecule has 0 radical (unpaired) electrons. The van der Waals surface area contributed by atoms with Crippen LogP contribution in [-0.2, 0) is 4.74 Å². The number of nitrogens with two attached hydrogens (primary N) is 1. The molecule has 20 heavy (non-hydrogen) atoms. The Morgan fingerprint density at radius 2 is 1.55 bits per heavy atom. The van der Waals surface area contributed by atoms with E-state index < -0.39 is 19.0 Å². The summed E-state index contributed by atoms with van der Waals surface area (Å²) in [4.78, 5) is 0. The second-order valence-electron chi connectivity index (χ2n) is 5.25. The van der Waals surface area contributed by atoms with Gasteiger partial charge in [0.05, 0.1) is 6.61 Å². The van der Waals surface area contributed by atoms with Gasteiger partial charge in [0.2, 0.25) is 0 Å². The van der Waals surface area contributed by atoms with E-state index in [0.717, 1.165) is 19.3 Å². The molecule has 2 N–H and O–H groups in total. The number of ether oxygens (including phenoxy) is 1. The van der Waals surface area contributed by atoms with Crippen LogP contribution in [0.4, 0.5) is 17.6 Å². The van der Waals surface area contributed by atoms with Crippen LogP contribution < -0.4 is 5.73 Å². The smallest absolute Gasteiger partial charge is 0.330 e. The van der Waals surface area contributed by atoms with Gasteiger partial charge in [-0.05, 0) is 6.42 Å². The lowest BCUT2D eigenvalue weighted by atomic mass is 10.1. The van der Waals surface area contributed by atoms with Gasteiger partial charge in [0.1, 0.15) is 6.61 Å². The summed E-state index contributed by atoms with van der Waals surface area (Å²) in [7, 11) is 0. The molecule has 0 rings (SSSR count). The zero-order valence-electron chi connectivity index (χ0n) is 12.2. The zero-order chi connectivity index (χ0) is 15.4. The summed E-state index contributed by atoms with van der Waals surface area (Å²) in [5.41, 5.74) is 5.68. The largest absolute Gasteiger partial charge is 0.373 e. The fourth-order valence-electron chi connectivity index (χ4n) is 1.86. The third-order valence-corrected chi connectivity index (χ3v) is 3.12. The van der Waals surface area contributed by atoms with Gasteiger partial charge >= 0.3 is 12.3 Å². The molecular formula is C14H27F4NO. The SMILES string of the molecule is CCCCCCCCCC(N)COCC(F)(F)C(F)F. The molecule has 1 unspecified atom stereocenters. The number of hydrogen-bond donors (Lipinski definition) is 1. The maximum absolute atomic E-state index is 12.5. The Morgan fingerprint density at radius 3 is 2.10 bits per heavy atom. The standard InChI is InChI=1S/C14H27F4NO/c1-2-3-4-5-6-7-8-9-12(19)10-20-11-14(17,18)13(15)16/h12-13H,2-11,19H2,1H3. The first kappa shape index (κ1) is 19.6. The Labute approximate surface area is 119 Å². The molecule has 2 nitrogen and oxygen atoms in total. The molecule has 0 aliphatic rings. The van der Waals surface area contributed by atoms with Gasteiger partial charge in [0, 0.05) is 6.04 Å². The first-order valence-electron chi connectivity index (χ1n) is 7.39. The number of rotatable bonds is 13. The molecule has 122 valence electrons. The van der Waals surface area contributed by atoms with Crippen LogP contribution in [0.3, 0.4) is 0 Å². The van der Waals surface area contributed by atoms with Crippen LogP contribution in [0.15, 0.2) is 0 Å². The second-order valence-corrected chi connectivity index (χ2v) is 5.25. The van der Waals surface area contributed by atoms with Crippen molar-refractivity contribution in [2.24, 2.45) is 5.73 Å². The molecule has 0 bridgehead atoms. The first-order chi connectivity index (χ1) is 9.40. The minimum atomic E-state index is -4.08. The Morgan fingerprint density at radius 1 is 1.00 bits per heavy atom. The van der Waals surface area contributed by atoms with Gasteiger partial charge < -0.3 is 10.5 Å². The van der Waals surface area contributed by atoms with E-state index in [0.29, 0.717) is 6.42 Å². The van der Waals surface area contributed by atoms with E-state index in [1.165, 1.54) is 25.7 Å². The lowest BCUT2D eigenvalue weighted by molar-refractivity contribution is -0.166. The number of alkyl halides is 4. The Hall–Kier alpha value is -0.360. The number of unbranched alkanes of at least 4 members (excludes halogenated alkanes) is 6. The third kappa shape index (κ3) is 10.4. The van der Waals surface area contributed by atoms with E-state index in [1.807, 2.05) is 0 Å². The van der Waals surface area contributed by atoms with Gasteiger partial charge in [-0.3, -0.25) is 0 Å². The molecule has 0 amide bonds. The van der Waals surface area contributed by atoms with Crippen molar-refractivity contribution in [3.63, 3.8) is 0 Å². The van der Waals surface area contributed by atoms with Crippen LogP contribution in [0, 0.1) is 0 Å². The molecule has 0 saturated carbocycles. The maximum atomic E-state index is 12.5. The molecular weight excluding hydrogens is 274 g/mol. The molecule has 0 fully saturated rings. The predicted molar refractivity (Wildman–Crippen MR) is 72.4 cm³/mol. The molecule has 0 aromatic rings. The second kappa shape index (κ2) is 11.3. The van der Waals surface area contributed by atoms with Gasteiger partial charge in [-0.15, -0.1) is 0 Å². The molecule has 0 heterocycles. The van der Waals surface area contributed by atoms with Gasteiger partial charge in [-0.1, -0.05) is 51.9 Å². The first-order valence-corrected chi connectivity index (χ1v) is 7.39. The van der Waals surface area contributed by atoms with E-state index in [-0.39, 0.29) is 12.6 Å². The summed E-state index contributed by atoms with van der Waals surface area (Å²) in [6.45, 7) is 0.796. The van der Waals surface area contributed by atoms with Crippen LogP contribution in [0.5, 0.6) is 0 Å². The van der Waals surface area contributed by atoms with E-state index in [9.17, 15) is 17.6 Å². The van der Waals surface area contributed by atoms with Gasteiger partial charge in [-0.25, -0.2) is 8.78 Å². The highest BCUT2D eigenvalue weighted by Crippen LogP contribution is 2.22.